The first-order valence-corrected chi connectivity index (χ1v) is 11.2. The molecule has 1 fully saturated rings. The highest BCUT2D eigenvalue weighted by molar-refractivity contribution is 8.15. The van der Waals surface area contributed by atoms with Gasteiger partial charge in [-0.2, -0.15) is 0 Å². The lowest BCUT2D eigenvalue weighted by Crippen LogP contribution is -2.35. The highest BCUT2D eigenvalue weighted by Crippen LogP contribution is 2.34. The molecule has 0 saturated carbocycles. The molecule has 1 saturated heterocycles. The zero-order valence-corrected chi connectivity index (χ0v) is 19.6. The molecule has 1 aliphatic rings. The summed E-state index contributed by atoms with van der Waals surface area (Å²) >= 11 is 18.9. The summed E-state index contributed by atoms with van der Waals surface area (Å²) in [6.07, 6.45) is -0.200. The molecular weight excluding hydrogens is 507 g/mol. The van der Waals surface area contributed by atoms with E-state index >= 15 is 0 Å². The van der Waals surface area contributed by atoms with Crippen LogP contribution in [0.1, 0.15) is 6.42 Å². The normalized spacial score (nSPS) is 17.3. The molecule has 32 heavy (non-hydrogen) atoms. The van der Waals surface area contributed by atoms with Gasteiger partial charge in [0.15, 0.2) is 11.0 Å². The fourth-order valence-electron chi connectivity index (χ4n) is 2.78. The van der Waals surface area contributed by atoms with Gasteiger partial charge in [0, 0.05) is 19.6 Å². The lowest BCUT2D eigenvalue weighted by atomic mass is 10.2. The van der Waals surface area contributed by atoms with E-state index in [2.05, 4.69) is 10.3 Å². The summed E-state index contributed by atoms with van der Waals surface area (Å²) in [5, 5.41) is 2.60. The van der Waals surface area contributed by atoms with Crippen molar-refractivity contribution in [3.8, 4) is 0 Å². The third-order valence-electron chi connectivity index (χ3n) is 4.32. The largest absolute Gasteiger partial charge is 0.383 e. The number of hydrogen-bond donors (Lipinski definition) is 1. The Bertz CT molecular complexity index is 1090. The zero-order chi connectivity index (χ0) is 23.4. The number of hydrogen-bond acceptors (Lipinski definition) is 5. The summed E-state index contributed by atoms with van der Waals surface area (Å²) in [7, 11) is 1.47. The number of rotatable bonds is 7. The summed E-state index contributed by atoms with van der Waals surface area (Å²) < 4.78 is 32.2. The molecule has 1 atom stereocenters. The van der Waals surface area contributed by atoms with Gasteiger partial charge >= 0.3 is 0 Å². The topological polar surface area (TPSA) is 71.0 Å². The molecule has 3 rings (SSSR count). The van der Waals surface area contributed by atoms with Crippen molar-refractivity contribution in [2.75, 3.05) is 25.6 Å². The standard InChI is InChI=1S/C20H16Cl3F2N3O3S/c1-31-5-4-28-19(30)17(32-20(28)27-15-3-2-10(24)6-14(15)25)9-18(29)26-16-8-12(22)11(21)7-13(16)23/h2-3,6-8,17H,4-5,9H2,1H3,(H,26,29)/t17-/m1/s1. The first-order chi connectivity index (χ1) is 15.2. The lowest BCUT2D eigenvalue weighted by molar-refractivity contribution is -0.128. The maximum atomic E-state index is 14.0. The molecule has 170 valence electrons. The molecule has 12 heteroatoms. The summed E-state index contributed by atoms with van der Waals surface area (Å²) in [6.45, 7) is 0.357. The van der Waals surface area contributed by atoms with Crippen LogP contribution in [0.3, 0.4) is 0 Å². The van der Waals surface area contributed by atoms with Gasteiger partial charge in [-0.15, -0.1) is 0 Å². The van der Waals surface area contributed by atoms with E-state index in [1.807, 2.05) is 0 Å². The molecule has 0 aromatic heterocycles. The zero-order valence-electron chi connectivity index (χ0n) is 16.5. The van der Waals surface area contributed by atoms with Crippen molar-refractivity contribution in [2.45, 2.75) is 11.7 Å². The van der Waals surface area contributed by atoms with Crippen molar-refractivity contribution in [3.05, 3.63) is 57.0 Å². The number of carbonyl (C=O) groups is 2. The van der Waals surface area contributed by atoms with E-state index in [-0.39, 0.29) is 57.1 Å². The van der Waals surface area contributed by atoms with E-state index in [1.54, 1.807) is 0 Å². The highest BCUT2D eigenvalue weighted by atomic mass is 35.5. The molecule has 0 radical (unpaired) electrons. The number of nitrogens with one attached hydrogen (secondary N) is 1. The number of amides is 2. The minimum absolute atomic E-state index is 0.128. The summed E-state index contributed by atoms with van der Waals surface area (Å²) in [5.41, 5.74) is 0.122. The van der Waals surface area contributed by atoms with Crippen LogP contribution in [0.5, 0.6) is 0 Å². The van der Waals surface area contributed by atoms with Crippen molar-refractivity contribution in [3.63, 3.8) is 0 Å². The van der Waals surface area contributed by atoms with Gasteiger partial charge in [-0.05, 0) is 24.3 Å². The minimum atomic E-state index is -0.868. The molecule has 1 heterocycles. The van der Waals surface area contributed by atoms with Gasteiger partial charge in [0.1, 0.15) is 16.8 Å². The fraction of sp³-hybridized carbons (Fsp3) is 0.250. The third kappa shape index (κ3) is 5.90. The number of aliphatic imine (C=N–C) groups is 1. The Hall–Kier alpha value is -1.91. The summed E-state index contributed by atoms with van der Waals surface area (Å²) in [5.74, 6) is -2.48. The number of nitrogens with zero attached hydrogens (tertiary/aromatic N) is 2. The van der Waals surface area contributed by atoms with Gasteiger partial charge in [0.25, 0.3) is 0 Å². The van der Waals surface area contributed by atoms with Gasteiger partial charge < -0.3 is 10.1 Å². The Morgan fingerprint density at radius 2 is 1.91 bits per heavy atom. The second-order valence-electron chi connectivity index (χ2n) is 6.58. The smallest absolute Gasteiger partial charge is 0.242 e. The van der Waals surface area contributed by atoms with Gasteiger partial charge in [-0.25, -0.2) is 13.8 Å². The molecule has 2 aromatic carbocycles. The maximum Gasteiger partial charge on any atom is 0.242 e. The Morgan fingerprint density at radius 1 is 1.19 bits per heavy atom. The van der Waals surface area contributed by atoms with E-state index in [1.165, 1.54) is 30.2 Å². The minimum Gasteiger partial charge on any atom is -0.383 e. The SMILES string of the molecule is COCCN1C(=O)[C@@H](CC(=O)Nc2cc(Cl)c(Cl)cc2Cl)SC1=Nc1ccc(F)cc1F. The number of ether oxygens (including phenoxy) is 1. The van der Waals surface area contributed by atoms with Crippen LogP contribution in [0.2, 0.25) is 15.1 Å². The van der Waals surface area contributed by atoms with E-state index in [0.717, 1.165) is 17.8 Å². The second kappa shape index (κ2) is 10.8. The molecule has 0 spiro atoms. The highest BCUT2D eigenvalue weighted by Gasteiger charge is 2.39. The van der Waals surface area contributed by atoms with E-state index in [9.17, 15) is 18.4 Å². The van der Waals surface area contributed by atoms with Crippen molar-refractivity contribution in [2.24, 2.45) is 4.99 Å². The van der Waals surface area contributed by atoms with Crippen molar-refractivity contribution < 1.29 is 23.1 Å². The fourth-order valence-corrected chi connectivity index (χ4v) is 4.55. The first-order valence-electron chi connectivity index (χ1n) is 9.14. The van der Waals surface area contributed by atoms with Gasteiger partial charge in [-0.3, -0.25) is 14.5 Å². The average Bonchev–Trinajstić information content (AvgIpc) is 3.00. The predicted octanol–water partition coefficient (Wildman–Crippen LogP) is 5.53. The Morgan fingerprint density at radius 3 is 2.59 bits per heavy atom. The number of thioether (sulfide) groups is 1. The van der Waals surface area contributed by atoms with Crippen LogP contribution in [0.25, 0.3) is 0 Å². The summed E-state index contributed by atoms with van der Waals surface area (Å²) in [4.78, 5) is 30.9. The molecule has 1 N–H and O–H groups in total. The monoisotopic (exact) mass is 521 g/mol. The number of carbonyl (C=O) groups excluding carboxylic acids is 2. The van der Waals surface area contributed by atoms with Crippen LogP contribution in [0.15, 0.2) is 35.3 Å². The Kier molecular flexibility index (Phi) is 8.35. The first kappa shape index (κ1) is 24.7. The van der Waals surface area contributed by atoms with Crippen LogP contribution < -0.4 is 5.32 Å². The van der Waals surface area contributed by atoms with Crippen LogP contribution in [-0.4, -0.2) is 47.4 Å². The maximum absolute atomic E-state index is 14.0. The van der Waals surface area contributed by atoms with Gasteiger partial charge in [0.2, 0.25) is 11.8 Å². The number of amidine groups is 1. The average molecular weight is 523 g/mol. The third-order valence-corrected chi connectivity index (χ3v) is 6.53. The molecule has 1 aliphatic heterocycles. The molecule has 0 bridgehead atoms. The quantitative estimate of drug-likeness (QED) is 0.485. The van der Waals surface area contributed by atoms with E-state index in [0.29, 0.717) is 6.07 Å². The molecular formula is C20H16Cl3F2N3O3S. The molecule has 6 nitrogen and oxygen atoms in total. The second-order valence-corrected chi connectivity index (χ2v) is 8.97. The van der Waals surface area contributed by atoms with Crippen LogP contribution >= 0.6 is 46.6 Å². The molecule has 2 amide bonds. The lowest BCUT2D eigenvalue weighted by Gasteiger charge is -2.16. The van der Waals surface area contributed by atoms with Gasteiger partial charge in [-0.1, -0.05) is 46.6 Å². The number of methoxy groups -OCH3 is 1. The van der Waals surface area contributed by atoms with Crippen molar-refractivity contribution in [1.29, 1.82) is 0 Å². The van der Waals surface area contributed by atoms with Crippen LogP contribution in [0.4, 0.5) is 20.2 Å². The van der Waals surface area contributed by atoms with E-state index in [4.69, 9.17) is 39.5 Å². The molecule has 2 aromatic rings. The number of benzene rings is 2. The van der Waals surface area contributed by atoms with Crippen molar-refractivity contribution in [1.82, 2.24) is 4.90 Å². The number of halogens is 5. The molecule has 0 aliphatic carbocycles. The summed E-state index contributed by atoms with van der Waals surface area (Å²) in [6, 6.07) is 5.74. The Labute approximate surface area is 201 Å². The van der Waals surface area contributed by atoms with Crippen LogP contribution in [-0.2, 0) is 14.3 Å². The predicted molar refractivity (Wildman–Crippen MR) is 123 cm³/mol. The molecule has 0 unspecified atom stereocenters. The Balaban J connectivity index is 1.78. The van der Waals surface area contributed by atoms with Crippen molar-refractivity contribution >= 4 is 74.9 Å². The van der Waals surface area contributed by atoms with E-state index < -0.39 is 22.8 Å². The van der Waals surface area contributed by atoms with Gasteiger partial charge in [0.05, 0.1) is 33.9 Å². The van der Waals surface area contributed by atoms with Crippen LogP contribution in [0, 0.1) is 11.6 Å². The number of anilines is 1.